The van der Waals surface area contributed by atoms with E-state index in [1.165, 1.54) is 12.3 Å². The van der Waals surface area contributed by atoms with Gasteiger partial charge in [0.2, 0.25) is 5.82 Å². The molecule has 0 aliphatic rings. The van der Waals surface area contributed by atoms with E-state index in [1.54, 1.807) is 24.4 Å². The van der Waals surface area contributed by atoms with E-state index in [9.17, 15) is 13.2 Å². The van der Waals surface area contributed by atoms with Crippen LogP contribution in [0.5, 0.6) is 5.75 Å². The first-order valence-electron chi connectivity index (χ1n) is 8.08. The summed E-state index contributed by atoms with van der Waals surface area (Å²) in [4.78, 5) is 11.8. The lowest BCUT2D eigenvalue weighted by molar-refractivity contribution is -0.159. The van der Waals surface area contributed by atoms with Gasteiger partial charge in [-0.2, -0.15) is 18.2 Å². The first kappa shape index (κ1) is 18.8. The number of alkyl halides is 3. The molecule has 0 amide bonds. The Balaban J connectivity index is 1.74. The summed E-state index contributed by atoms with van der Waals surface area (Å²) < 4.78 is 47.6. The lowest BCUT2D eigenvalue weighted by Crippen LogP contribution is -2.11. The quantitative estimate of drug-likeness (QED) is 0.631. The Labute approximate surface area is 152 Å². The lowest BCUT2D eigenvalue weighted by Gasteiger charge is -2.06. The molecular formula is C17H16F3N5O2. The molecule has 0 fully saturated rings. The van der Waals surface area contributed by atoms with E-state index in [-0.39, 0.29) is 5.82 Å². The average molecular weight is 379 g/mol. The summed E-state index contributed by atoms with van der Waals surface area (Å²) in [6.07, 6.45) is -0.810. The molecule has 3 rings (SSSR count). The molecule has 0 atom stereocenters. The molecule has 0 radical (unpaired) electrons. The second kappa shape index (κ2) is 8.12. The van der Waals surface area contributed by atoms with Gasteiger partial charge in [0, 0.05) is 11.8 Å². The topological polar surface area (TPSA) is 86.0 Å². The zero-order valence-corrected chi connectivity index (χ0v) is 14.3. The van der Waals surface area contributed by atoms with E-state index in [1.807, 2.05) is 7.05 Å². The molecule has 0 unspecified atom stereocenters. The van der Waals surface area contributed by atoms with E-state index in [0.717, 1.165) is 13.0 Å². The fourth-order valence-corrected chi connectivity index (χ4v) is 2.22. The van der Waals surface area contributed by atoms with E-state index < -0.39 is 12.1 Å². The van der Waals surface area contributed by atoms with E-state index >= 15 is 0 Å². The van der Waals surface area contributed by atoms with Crippen LogP contribution in [0.25, 0.3) is 22.8 Å². The van der Waals surface area contributed by atoms with Gasteiger partial charge in [0.1, 0.15) is 5.75 Å². The van der Waals surface area contributed by atoms with Crippen LogP contribution in [0.4, 0.5) is 13.2 Å². The average Bonchev–Trinajstić information content (AvgIpc) is 3.17. The Morgan fingerprint density at radius 1 is 1.15 bits per heavy atom. The van der Waals surface area contributed by atoms with Crippen LogP contribution in [-0.4, -0.2) is 40.3 Å². The van der Waals surface area contributed by atoms with Crippen LogP contribution in [0, 0.1) is 0 Å². The zero-order valence-electron chi connectivity index (χ0n) is 14.3. The third-order valence-corrected chi connectivity index (χ3v) is 3.53. The zero-order chi connectivity index (χ0) is 19.3. The molecule has 0 aliphatic carbocycles. The van der Waals surface area contributed by atoms with Gasteiger partial charge in [0.15, 0.2) is 0 Å². The van der Waals surface area contributed by atoms with E-state index in [2.05, 4.69) is 29.9 Å². The molecule has 0 aliphatic heterocycles. The molecule has 3 aromatic heterocycles. The number of hydrogen-bond donors (Lipinski definition) is 1. The number of halogens is 3. The van der Waals surface area contributed by atoms with Gasteiger partial charge in [-0.05, 0) is 44.3 Å². The number of aromatic nitrogens is 4. The van der Waals surface area contributed by atoms with Crippen molar-refractivity contribution in [3.05, 3.63) is 42.5 Å². The summed E-state index contributed by atoms with van der Waals surface area (Å²) >= 11 is 0. The maximum absolute atomic E-state index is 12.6. The highest BCUT2D eigenvalue weighted by atomic mass is 19.4. The molecular weight excluding hydrogens is 363 g/mol. The van der Waals surface area contributed by atoms with Gasteiger partial charge >= 0.3 is 12.1 Å². The Morgan fingerprint density at radius 2 is 2.00 bits per heavy atom. The largest absolute Gasteiger partial charge is 0.492 e. The van der Waals surface area contributed by atoms with Gasteiger partial charge in [0.25, 0.3) is 0 Å². The first-order chi connectivity index (χ1) is 13.0. The van der Waals surface area contributed by atoms with Gasteiger partial charge < -0.3 is 14.6 Å². The molecule has 0 spiro atoms. The summed E-state index contributed by atoms with van der Waals surface area (Å²) in [6.45, 7) is 1.42. The van der Waals surface area contributed by atoms with Crippen molar-refractivity contribution in [2.75, 3.05) is 20.2 Å². The van der Waals surface area contributed by atoms with Gasteiger partial charge in [-0.15, -0.1) is 0 Å². The summed E-state index contributed by atoms with van der Waals surface area (Å²) in [5.74, 6) is -0.941. The minimum absolute atomic E-state index is 0.171. The number of nitrogens with one attached hydrogen (secondary N) is 1. The van der Waals surface area contributed by atoms with Crippen LogP contribution < -0.4 is 10.1 Å². The number of nitrogens with zero attached hydrogens (tertiary/aromatic N) is 4. The maximum Gasteiger partial charge on any atom is 0.471 e. The molecule has 3 heterocycles. The van der Waals surface area contributed by atoms with Crippen LogP contribution in [0.3, 0.4) is 0 Å². The molecule has 142 valence electrons. The fourth-order valence-electron chi connectivity index (χ4n) is 2.22. The van der Waals surface area contributed by atoms with E-state index in [0.29, 0.717) is 29.3 Å². The van der Waals surface area contributed by atoms with Crippen LogP contribution in [0.15, 0.2) is 41.2 Å². The van der Waals surface area contributed by atoms with E-state index in [4.69, 9.17) is 4.74 Å². The predicted molar refractivity (Wildman–Crippen MR) is 89.8 cm³/mol. The Kier molecular flexibility index (Phi) is 5.65. The van der Waals surface area contributed by atoms with Crippen LogP contribution in [0.1, 0.15) is 12.3 Å². The molecule has 0 bridgehead atoms. The van der Waals surface area contributed by atoms with Crippen molar-refractivity contribution in [3.8, 4) is 28.5 Å². The number of pyridine rings is 2. The normalized spacial score (nSPS) is 11.6. The third kappa shape index (κ3) is 4.79. The standard InChI is InChI=1S/C17H16F3N5O2/c1-21-6-2-8-26-12-3-4-13(23-10-12)14-9-11(5-7-22-14)15-24-16(27-25-15)17(18,19)20/h3-5,7,9-10,21H,2,6,8H2,1H3. The van der Waals surface area contributed by atoms with Gasteiger partial charge in [-0.1, -0.05) is 5.16 Å². The Morgan fingerprint density at radius 3 is 2.67 bits per heavy atom. The molecule has 27 heavy (non-hydrogen) atoms. The minimum atomic E-state index is -4.69. The molecule has 0 saturated heterocycles. The van der Waals surface area contributed by atoms with Crippen molar-refractivity contribution >= 4 is 0 Å². The van der Waals surface area contributed by atoms with Gasteiger partial charge in [-0.25, -0.2) is 0 Å². The second-order valence-corrected chi connectivity index (χ2v) is 5.54. The van der Waals surface area contributed by atoms with Crippen LogP contribution in [-0.2, 0) is 6.18 Å². The van der Waals surface area contributed by atoms with Crippen molar-refractivity contribution in [2.45, 2.75) is 12.6 Å². The summed E-state index contributed by atoms with van der Waals surface area (Å²) in [5, 5.41) is 6.40. The van der Waals surface area contributed by atoms with Crippen molar-refractivity contribution in [3.63, 3.8) is 0 Å². The summed E-state index contributed by atoms with van der Waals surface area (Å²) in [6, 6.07) is 6.51. The Bertz CT molecular complexity index is 881. The number of ether oxygens (including phenoxy) is 1. The summed E-state index contributed by atoms with van der Waals surface area (Å²) in [7, 11) is 1.87. The second-order valence-electron chi connectivity index (χ2n) is 5.54. The fraction of sp³-hybridized carbons (Fsp3) is 0.294. The highest BCUT2D eigenvalue weighted by Gasteiger charge is 2.38. The Hall–Kier alpha value is -3.01. The van der Waals surface area contributed by atoms with Crippen LogP contribution in [0.2, 0.25) is 0 Å². The summed E-state index contributed by atoms with van der Waals surface area (Å²) in [5.41, 5.74) is 1.35. The molecule has 7 nitrogen and oxygen atoms in total. The van der Waals surface area contributed by atoms with Crippen molar-refractivity contribution in [1.82, 2.24) is 25.4 Å². The minimum Gasteiger partial charge on any atom is -0.492 e. The molecule has 10 heteroatoms. The van der Waals surface area contributed by atoms with Crippen molar-refractivity contribution in [2.24, 2.45) is 0 Å². The molecule has 3 aromatic rings. The van der Waals surface area contributed by atoms with Crippen LogP contribution >= 0.6 is 0 Å². The predicted octanol–water partition coefficient (Wildman–Crippen LogP) is 3.20. The maximum atomic E-state index is 12.6. The molecule has 1 N–H and O–H groups in total. The SMILES string of the molecule is CNCCCOc1ccc(-c2cc(-c3noc(C(F)(F)F)n3)ccn2)nc1. The molecule has 0 saturated carbocycles. The number of hydrogen-bond acceptors (Lipinski definition) is 7. The van der Waals surface area contributed by atoms with Gasteiger partial charge in [0.05, 0.1) is 24.2 Å². The highest BCUT2D eigenvalue weighted by Crippen LogP contribution is 2.30. The number of rotatable bonds is 7. The van der Waals surface area contributed by atoms with Crippen molar-refractivity contribution < 1.29 is 22.4 Å². The first-order valence-corrected chi connectivity index (χ1v) is 8.08. The third-order valence-electron chi connectivity index (χ3n) is 3.53. The smallest absolute Gasteiger partial charge is 0.471 e. The van der Waals surface area contributed by atoms with Gasteiger partial charge in [-0.3, -0.25) is 9.97 Å². The molecule has 0 aromatic carbocycles. The highest BCUT2D eigenvalue weighted by molar-refractivity contribution is 5.64. The lowest BCUT2D eigenvalue weighted by atomic mass is 10.1. The monoisotopic (exact) mass is 379 g/mol. The van der Waals surface area contributed by atoms with Crippen molar-refractivity contribution in [1.29, 1.82) is 0 Å².